The summed E-state index contributed by atoms with van der Waals surface area (Å²) in [7, 11) is 0. The lowest BCUT2D eigenvalue weighted by atomic mass is 10.3. The van der Waals surface area contributed by atoms with Crippen LogP contribution < -0.4 is 16.6 Å². The minimum absolute atomic E-state index is 0.350. The molecular weight excluding hydrogens is 274 g/mol. The standard InChI is InChI=1S/C10H16BrN3O2/c1-2-12-5-3-4-6-14-7-8(11)9(15)13-10(14)16/h7,12H,2-6H2,1H3,(H,13,15,16). The van der Waals surface area contributed by atoms with Crippen molar-refractivity contribution in [2.45, 2.75) is 26.3 Å². The largest absolute Gasteiger partial charge is 0.328 e. The molecule has 90 valence electrons. The van der Waals surface area contributed by atoms with E-state index in [0.717, 1.165) is 25.9 Å². The van der Waals surface area contributed by atoms with Gasteiger partial charge in [-0.25, -0.2) is 4.79 Å². The zero-order valence-corrected chi connectivity index (χ0v) is 10.8. The summed E-state index contributed by atoms with van der Waals surface area (Å²) >= 11 is 3.10. The number of hydrogen-bond donors (Lipinski definition) is 2. The Morgan fingerprint density at radius 3 is 2.88 bits per heavy atom. The van der Waals surface area contributed by atoms with Crippen molar-refractivity contribution in [1.29, 1.82) is 0 Å². The van der Waals surface area contributed by atoms with Gasteiger partial charge in [0.2, 0.25) is 0 Å². The highest BCUT2D eigenvalue weighted by atomic mass is 79.9. The van der Waals surface area contributed by atoms with Crippen molar-refractivity contribution in [2.75, 3.05) is 13.1 Å². The smallest absolute Gasteiger partial charge is 0.317 e. The molecule has 0 aliphatic heterocycles. The van der Waals surface area contributed by atoms with E-state index in [-0.39, 0.29) is 11.2 Å². The van der Waals surface area contributed by atoms with Crippen molar-refractivity contribution in [3.05, 3.63) is 31.5 Å². The van der Waals surface area contributed by atoms with Crippen LogP contribution in [-0.4, -0.2) is 22.6 Å². The molecule has 0 saturated carbocycles. The van der Waals surface area contributed by atoms with Gasteiger partial charge in [-0.3, -0.25) is 14.3 Å². The van der Waals surface area contributed by atoms with Gasteiger partial charge in [0.15, 0.2) is 0 Å². The van der Waals surface area contributed by atoms with E-state index in [1.807, 2.05) is 0 Å². The third-order valence-corrected chi connectivity index (χ3v) is 2.78. The van der Waals surface area contributed by atoms with Crippen molar-refractivity contribution in [3.63, 3.8) is 0 Å². The second kappa shape index (κ2) is 6.65. The van der Waals surface area contributed by atoms with Crippen LogP contribution in [0.5, 0.6) is 0 Å². The fraction of sp³-hybridized carbons (Fsp3) is 0.600. The molecule has 1 aromatic heterocycles. The highest BCUT2D eigenvalue weighted by Crippen LogP contribution is 1.99. The molecule has 0 radical (unpaired) electrons. The zero-order valence-electron chi connectivity index (χ0n) is 9.25. The number of hydrogen-bond acceptors (Lipinski definition) is 3. The van der Waals surface area contributed by atoms with Gasteiger partial charge >= 0.3 is 5.69 Å². The van der Waals surface area contributed by atoms with Crippen LogP contribution in [0.1, 0.15) is 19.8 Å². The number of nitrogens with one attached hydrogen (secondary N) is 2. The Hall–Kier alpha value is -0.880. The lowest BCUT2D eigenvalue weighted by Crippen LogP contribution is -2.30. The summed E-state index contributed by atoms with van der Waals surface area (Å²) in [6, 6.07) is 0. The van der Waals surface area contributed by atoms with Crippen molar-refractivity contribution < 1.29 is 0 Å². The molecule has 0 atom stereocenters. The average Bonchev–Trinajstić information content (AvgIpc) is 2.25. The molecule has 0 spiro atoms. The molecule has 0 amide bonds. The number of rotatable bonds is 6. The van der Waals surface area contributed by atoms with E-state index < -0.39 is 0 Å². The molecule has 0 aliphatic carbocycles. The Morgan fingerprint density at radius 1 is 1.44 bits per heavy atom. The Labute approximate surface area is 102 Å². The fourth-order valence-corrected chi connectivity index (χ4v) is 1.70. The minimum Gasteiger partial charge on any atom is -0.317 e. The molecule has 0 saturated heterocycles. The monoisotopic (exact) mass is 289 g/mol. The van der Waals surface area contributed by atoms with Gasteiger partial charge in [-0.15, -0.1) is 0 Å². The molecule has 1 aromatic rings. The Balaban J connectivity index is 2.51. The van der Waals surface area contributed by atoms with Gasteiger partial charge in [-0.2, -0.15) is 0 Å². The van der Waals surface area contributed by atoms with Crippen LogP contribution in [-0.2, 0) is 6.54 Å². The maximum Gasteiger partial charge on any atom is 0.328 e. The van der Waals surface area contributed by atoms with Gasteiger partial charge in [-0.05, 0) is 41.9 Å². The molecule has 6 heteroatoms. The number of H-pyrrole nitrogens is 1. The van der Waals surface area contributed by atoms with Crippen LogP contribution >= 0.6 is 15.9 Å². The van der Waals surface area contributed by atoms with E-state index in [9.17, 15) is 9.59 Å². The molecule has 0 aromatic carbocycles. The van der Waals surface area contributed by atoms with Crippen molar-refractivity contribution in [1.82, 2.24) is 14.9 Å². The third kappa shape index (κ3) is 3.94. The topological polar surface area (TPSA) is 66.9 Å². The van der Waals surface area contributed by atoms with Crippen LogP contribution in [0.3, 0.4) is 0 Å². The van der Waals surface area contributed by atoms with Crippen LogP contribution in [0.2, 0.25) is 0 Å². The van der Waals surface area contributed by atoms with Crippen LogP contribution in [0.25, 0.3) is 0 Å². The van der Waals surface area contributed by atoms with Crippen molar-refractivity contribution in [2.24, 2.45) is 0 Å². The van der Waals surface area contributed by atoms with Gasteiger partial charge in [0.05, 0.1) is 4.47 Å². The lowest BCUT2D eigenvalue weighted by Gasteiger charge is -2.05. The number of aromatic nitrogens is 2. The molecule has 0 unspecified atom stereocenters. The van der Waals surface area contributed by atoms with E-state index in [0.29, 0.717) is 11.0 Å². The molecule has 1 heterocycles. The Kier molecular flexibility index (Phi) is 5.48. The zero-order chi connectivity index (χ0) is 12.0. The first kappa shape index (κ1) is 13.2. The van der Waals surface area contributed by atoms with E-state index >= 15 is 0 Å². The molecule has 5 nitrogen and oxygen atoms in total. The second-order valence-corrected chi connectivity index (χ2v) is 4.34. The summed E-state index contributed by atoms with van der Waals surface area (Å²) in [5.41, 5.74) is -0.731. The maximum absolute atomic E-state index is 11.4. The Morgan fingerprint density at radius 2 is 2.19 bits per heavy atom. The predicted molar refractivity (Wildman–Crippen MR) is 66.8 cm³/mol. The molecule has 0 fully saturated rings. The summed E-state index contributed by atoms with van der Waals surface area (Å²) in [6.07, 6.45) is 3.46. The van der Waals surface area contributed by atoms with Gasteiger partial charge in [-0.1, -0.05) is 6.92 Å². The van der Waals surface area contributed by atoms with E-state index in [1.54, 1.807) is 0 Å². The van der Waals surface area contributed by atoms with E-state index in [4.69, 9.17) is 0 Å². The molecule has 2 N–H and O–H groups in total. The molecule has 1 rings (SSSR count). The predicted octanol–water partition coefficient (Wildman–Crippen LogP) is 0.689. The first-order chi connectivity index (χ1) is 7.65. The summed E-state index contributed by atoms with van der Waals surface area (Å²) in [5.74, 6) is 0. The highest BCUT2D eigenvalue weighted by molar-refractivity contribution is 9.10. The van der Waals surface area contributed by atoms with Crippen LogP contribution in [0.4, 0.5) is 0 Å². The summed E-state index contributed by atoms with van der Waals surface area (Å²) in [4.78, 5) is 24.7. The number of unbranched alkanes of at least 4 members (excludes halogenated alkanes) is 1. The first-order valence-corrected chi connectivity index (χ1v) is 6.14. The maximum atomic E-state index is 11.4. The third-order valence-electron chi connectivity index (χ3n) is 2.22. The lowest BCUT2D eigenvalue weighted by molar-refractivity contribution is 0.556. The van der Waals surface area contributed by atoms with Gasteiger partial charge in [0.1, 0.15) is 0 Å². The summed E-state index contributed by atoms with van der Waals surface area (Å²) in [5, 5.41) is 3.22. The summed E-state index contributed by atoms with van der Waals surface area (Å²) < 4.78 is 1.90. The van der Waals surface area contributed by atoms with Gasteiger partial charge in [0, 0.05) is 12.7 Å². The van der Waals surface area contributed by atoms with Gasteiger partial charge in [0.25, 0.3) is 5.56 Å². The number of aromatic amines is 1. The first-order valence-electron chi connectivity index (χ1n) is 5.35. The minimum atomic E-state index is -0.381. The molecule has 0 aliphatic rings. The van der Waals surface area contributed by atoms with E-state index in [1.165, 1.54) is 10.8 Å². The molecule has 0 bridgehead atoms. The van der Waals surface area contributed by atoms with E-state index in [2.05, 4.69) is 33.2 Å². The van der Waals surface area contributed by atoms with Crippen LogP contribution in [0.15, 0.2) is 20.3 Å². The quantitative estimate of drug-likeness (QED) is 0.757. The fourth-order valence-electron chi connectivity index (χ4n) is 1.36. The Bertz CT molecular complexity index is 438. The van der Waals surface area contributed by atoms with Crippen molar-refractivity contribution >= 4 is 15.9 Å². The SMILES string of the molecule is CCNCCCCn1cc(Br)c(=O)[nH]c1=O. The summed E-state index contributed by atoms with van der Waals surface area (Å²) in [6.45, 7) is 4.60. The molecular formula is C10H16BrN3O2. The second-order valence-electron chi connectivity index (χ2n) is 3.49. The van der Waals surface area contributed by atoms with Crippen molar-refractivity contribution in [3.8, 4) is 0 Å². The normalized spacial score (nSPS) is 10.6. The molecule has 16 heavy (non-hydrogen) atoms. The van der Waals surface area contributed by atoms with Gasteiger partial charge < -0.3 is 5.32 Å². The number of nitrogens with zero attached hydrogens (tertiary/aromatic N) is 1. The average molecular weight is 290 g/mol. The highest BCUT2D eigenvalue weighted by Gasteiger charge is 2.01. The van der Waals surface area contributed by atoms with Crippen LogP contribution in [0, 0.1) is 0 Å². The number of halogens is 1. The number of aryl methyl sites for hydroxylation is 1.